The van der Waals surface area contributed by atoms with E-state index >= 15 is 0 Å². The molecule has 0 aliphatic carbocycles. The molecule has 12 heteroatoms. The Bertz CT molecular complexity index is 1430. The maximum absolute atomic E-state index is 13.1. The van der Waals surface area contributed by atoms with Gasteiger partial charge in [-0.05, 0) is 49.6 Å². The number of rotatable bonds is 1. The summed E-state index contributed by atoms with van der Waals surface area (Å²) in [5.74, 6) is -1.45. The first-order valence-corrected chi connectivity index (χ1v) is 13.5. The highest BCUT2D eigenvalue weighted by atomic mass is 16.5. The smallest absolute Gasteiger partial charge is 0.255 e. The number of aromatic nitrogens is 3. The van der Waals surface area contributed by atoms with Gasteiger partial charge in [-0.2, -0.15) is 0 Å². The van der Waals surface area contributed by atoms with Crippen LogP contribution in [0.25, 0.3) is 0 Å². The van der Waals surface area contributed by atoms with Gasteiger partial charge in [0.05, 0.1) is 24.8 Å². The molecule has 4 bridgehead atoms. The van der Waals surface area contributed by atoms with Crippen LogP contribution < -0.4 is 26.0 Å². The average molecular weight is 562 g/mol. The number of amides is 4. The molecule has 216 valence electrons. The van der Waals surface area contributed by atoms with E-state index in [2.05, 4.69) is 31.6 Å². The molecule has 1 aliphatic rings. The summed E-state index contributed by atoms with van der Waals surface area (Å²) in [4.78, 5) is 51.9. The first-order valence-electron chi connectivity index (χ1n) is 13.5. The number of nitrogens with one attached hydrogen (secondary N) is 4. The van der Waals surface area contributed by atoms with Crippen molar-refractivity contribution in [3.05, 3.63) is 76.6 Å². The van der Waals surface area contributed by atoms with Crippen LogP contribution in [0.5, 0.6) is 5.75 Å². The Morgan fingerprint density at radius 1 is 0.951 bits per heavy atom. The summed E-state index contributed by atoms with van der Waals surface area (Å²) in [6, 6.07) is 10.5. The molecule has 0 spiro atoms. The molecular formula is C29H35N7O5. The topological polar surface area (TPSA) is 156 Å². The maximum Gasteiger partial charge on any atom is 0.255 e. The van der Waals surface area contributed by atoms with Crippen LogP contribution in [0.1, 0.15) is 58.3 Å². The Morgan fingerprint density at radius 2 is 1.76 bits per heavy atom. The highest BCUT2D eigenvalue weighted by Gasteiger charge is 2.27. The van der Waals surface area contributed by atoms with Gasteiger partial charge in [-0.15, -0.1) is 5.10 Å². The maximum atomic E-state index is 13.1. The van der Waals surface area contributed by atoms with Crippen LogP contribution >= 0.6 is 0 Å². The Hall–Kier alpha value is -4.74. The number of hydrogen-bond acceptors (Lipinski definition) is 7. The number of aryl methyl sites for hydroxylation is 1. The Kier molecular flexibility index (Phi) is 9.33. The molecule has 0 saturated heterocycles. The van der Waals surface area contributed by atoms with E-state index in [0.717, 1.165) is 5.56 Å². The normalized spacial score (nSPS) is 19.2. The van der Waals surface area contributed by atoms with Gasteiger partial charge in [0.25, 0.3) is 11.8 Å². The van der Waals surface area contributed by atoms with Crippen LogP contribution in [-0.2, 0) is 29.2 Å². The van der Waals surface area contributed by atoms with Crippen LogP contribution in [0.15, 0.2) is 48.7 Å². The monoisotopic (exact) mass is 561 g/mol. The van der Waals surface area contributed by atoms with Crippen molar-refractivity contribution in [2.75, 3.05) is 6.61 Å². The van der Waals surface area contributed by atoms with E-state index in [0.29, 0.717) is 34.7 Å². The minimum absolute atomic E-state index is 0.114. The molecule has 0 saturated carbocycles. The van der Waals surface area contributed by atoms with Crippen molar-refractivity contribution in [1.82, 2.24) is 36.3 Å². The zero-order valence-corrected chi connectivity index (χ0v) is 23.6. The summed E-state index contributed by atoms with van der Waals surface area (Å²) in [7, 11) is 0. The van der Waals surface area contributed by atoms with Crippen molar-refractivity contribution < 1.29 is 23.9 Å². The number of hydrogen-bond donors (Lipinski definition) is 4. The first-order chi connectivity index (χ1) is 19.6. The van der Waals surface area contributed by atoms with Gasteiger partial charge >= 0.3 is 0 Å². The largest absolute Gasteiger partial charge is 0.491 e. The highest BCUT2D eigenvalue weighted by Crippen LogP contribution is 2.20. The lowest BCUT2D eigenvalue weighted by Crippen LogP contribution is -2.54. The summed E-state index contributed by atoms with van der Waals surface area (Å²) in [5, 5.41) is 19.2. The number of fused-ring (bicyclic) bond motifs is 5. The van der Waals surface area contributed by atoms with Crippen LogP contribution in [0.2, 0.25) is 0 Å². The van der Waals surface area contributed by atoms with Gasteiger partial charge < -0.3 is 26.0 Å². The van der Waals surface area contributed by atoms with E-state index in [-0.39, 0.29) is 31.5 Å². The Morgan fingerprint density at radius 3 is 2.54 bits per heavy atom. The molecule has 12 nitrogen and oxygen atoms in total. The van der Waals surface area contributed by atoms with Crippen LogP contribution in [0.4, 0.5) is 0 Å². The van der Waals surface area contributed by atoms with Crippen molar-refractivity contribution >= 4 is 23.6 Å². The van der Waals surface area contributed by atoms with Crippen molar-refractivity contribution in [2.45, 2.75) is 59.4 Å². The van der Waals surface area contributed by atoms with E-state index in [1.165, 1.54) is 0 Å². The van der Waals surface area contributed by atoms with Crippen LogP contribution in [0, 0.1) is 12.8 Å². The third-order valence-corrected chi connectivity index (χ3v) is 6.62. The molecule has 41 heavy (non-hydrogen) atoms. The number of benzene rings is 2. The lowest BCUT2D eigenvalue weighted by molar-refractivity contribution is -0.130. The van der Waals surface area contributed by atoms with Gasteiger partial charge in [-0.3, -0.25) is 19.2 Å². The first kappa shape index (κ1) is 29.2. The molecule has 2 aromatic carbocycles. The standard InChI is InChI=1S/C29H35N7O5/c1-17(2)25-29(40)32-19(4)26(37)31-15-22-16-36(35-34-22)10-11-41-24-9-8-18(3)12-23(24)28(39)30-14-20-6-5-7-21(13-20)27(38)33-25/h5-9,12-13,16-17,19,25H,10-11,14-15H2,1-4H3,(H,30,39)(H,31,37)(H,32,40)(H,33,38)/t19-,25+/m1/s1. The van der Waals surface area contributed by atoms with E-state index in [4.69, 9.17) is 4.74 Å². The Labute approximate surface area is 238 Å². The van der Waals surface area contributed by atoms with Crippen LogP contribution in [-0.4, -0.2) is 57.3 Å². The summed E-state index contributed by atoms with van der Waals surface area (Å²) in [6.45, 7) is 7.96. The SMILES string of the molecule is Cc1ccc2c(c1)C(=O)NCc1cccc(c1)C(=O)N[C@@H](C(C)C)C(=O)N[C@H](C)C(=O)NCc1cn(nn1)CCO2. The third-order valence-electron chi connectivity index (χ3n) is 6.62. The molecule has 1 aromatic heterocycles. The lowest BCUT2D eigenvalue weighted by atomic mass is 10.0. The van der Waals surface area contributed by atoms with Crippen LogP contribution in [0.3, 0.4) is 0 Å². The molecule has 0 unspecified atom stereocenters. The summed E-state index contributed by atoms with van der Waals surface area (Å²) in [5.41, 5.74) is 2.86. The molecule has 2 heterocycles. The molecule has 4 rings (SSSR count). The van der Waals surface area contributed by atoms with Crippen molar-refractivity contribution in [1.29, 1.82) is 0 Å². The van der Waals surface area contributed by atoms with Crippen molar-refractivity contribution in [3.8, 4) is 5.75 Å². The third kappa shape index (κ3) is 7.68. The van der Waals surface area contributed by atoms with E-state index < -0.39 is 29.8 Å². The second-order valence-corrected chi connectivity index (χ2v) is 10.3. The predicted molar refractivity (Wildman–Crippen MR) is 150 cm³/mol. The van der Waals surface area contributed by atoms with E-state index in [1.807, 2.05) is 13.0 Å². The van der Waals surface area contributed by atoms with Crippen molar-refractivity contribution in [3.63, 3.8) is 0 Å². The second kappa shape index (κ2) is 13.1. The minimum Gasteiger partial charge on any atom is -0.491 e. The van der Waals surface area contributed by atoms with E-state index in [1.54, 1.807) is 68.0 Å². The van der Waals surface area contributed by atoms with Gasteiger partial charge in [0.15, 0.2) is 0 Å². The fraction of sp³-hybridized carbons (Fsp3) is 0.379. The summed E-state index contributed by atoms with van der Waals surface area (Å²) < 4.78 is 7.50. The molecule has 3 aromatic rings. The Balaban J connectivity index is 1.60. The van der Waals surface area contributed by atoms with Crippen molar-refractivity contribution in [2.24, 2.45) is 5.92 Å². The van der Waals surface area contributed by atoms with E-state index in [9.17, 15) is 19.2 Å². The molecular weight excluding hydrogens is 526 g/mol. The number of nitrogens with zero attached hydrogens (tertiary/aromatic N) is 3. The quantitative estimate of drug-likeness (QED) is 0.351. The molecule has 1 aliphatic heterocycles. The lowest BCUT2D eigenvalue weighted by Gasteiger charge is -2.24. The zero-order chi connectivity index (χ0) is 29.5. The van der Waals surface area contributed by atoms with Gasteiger partial charge in [0, 0.05) is 12.1 Å². The fourth-order valence-corrected chi connectivity index (χ4v) is 4.28. The van der Waals surface area contributed by atoms with Gasteiger partial charge in [0.2, 0.25) is 11.8 Å². The summed E-state index contributed by atoms with van der Waals surface area (Å²) in [6.07, 6.45) is 1.68. The van der Waals surface area contributed by atoms with Gasteiger partial charge in [-0.1, -0.05) is 42.8 Å². The molecule has 0 fully saturated rings. The fourth-order valence-electron chi connectivity index (χ4n) is 4.28. The predicted octanol–water partition coefficient (Wildman–Crippen LogP) is 1.48. The van der Waals surface area contributed by atoms with Gasteiger partial charge in [-0.25, -0.2) is 4.68 Å². The number of ether oxygens (including phenoxy) is 1. The minimum atomic E-state index is -0.873. The number of carbonyl (C=O) groups excluding carboxylic acids is 4. The molecule has 2 atom stereocenters. The van der Waals surface area contributed by atoms with Gasteiger partial charge in [0.1, 0.15) is 30.1 Å². The second-order valence-electron chi connectivity index (χ2n) is 10.3. The zero-order valence-electron chi connectivity index (χ0n) is 23.6. The number of carbonyl (C=O) groups is 4. The molecule has 0 radical (unpaired) electrons. The average Bonchev–Trinajstić information content (AvgIpc) is 3.40. The highest BCUT2D eigenvalue weighted by molar-refractivity contribution is 5.99. The molecule has 4 N–H and O–H groups in total. The molecule has 4 amide bonds. The summed E-state index contributed by atoms with van der Waals surface area (Å²) >= 11 is 0.